The van der Waals surface area contributed by atoms with E-state index in [0.717, 1.165) is 11.3 Å². The number of Topliss-reactive ketones (excluding diaryl/α,β-unsaturated/α-hetero) is 1. The SMILES string of the molecule is CC(=O)Nc1sc(C(=O)C(C)C)cc1[N+](=O)[O-]. The molecular weight excluding hydrogens is 244 g/mol. The second-order valence-corrected chi connectivity index (χ2v) is 4.83. The highest BCUT2D eigenvalue weighted by Gasteiger charge is 2.24. The summed E-state index contributed by atoms with van der Waals surface area (Å²) in [6.07, 6.45) is 0. The molecule has 0 spiro atoms. The summed E-state index contributed by atoms with van der Waals surface area (Å²) in [7, 11) is 0. The van der Waals surface area contributed by atoms with Crippen LogP contribution < -0.4 is 5.32 Å². The van der Waals surface area contributed by atoms with Crippen LogP contribution in [0.3, 0.4) is 0 Å². The Morgan fingerprint density at radius 1 is 1.47 bits per heavy atom. The zero-order valence-electron chi connectivity index (χ0n) is 9.64. The van der Waals surface area contributed by atoms with Crippen molar-refractivity contribution in [3.05, 3.63) is 21.1 Å². The highest BCUT2D eigenvalue weighted by atomic mass is 32.1. The van der Waals surface area contributed by atoms with E-state index >= 15 is 0 Å². The van der Waals surface area contributed by atoms with E-state index in [1.165, 1.54) is 13.0 Å². The van der Waals surface area contributed by atoms with Crippen LogP contribution in [0.15, 0.2) is 6.07 Å². The summed E-state index contributed by atoms with van der Waals surface area (Å²) < 4.78 is 0. The maximum absolute atomic E-state index is 11.7. The molecule has 1 aromatic heterocycles. The third-order valence-corrected chi connectivity index (χ3v) is 3.02. The fourth-order valence-corrected chi connectivity index (χ4v) is 2.33. The van der Waals surface area contributed by atoms with Crippen molar-refractivity contribution in [2.24, 2.45) is 5.92 Å². The fourth-order valence-electron chi connectivity index (χ4n) is 1.17. The van der Waals surface area contributed by atoms with Crippen molar-refractivity contribution in [1.82, 2.24) is 0 Å². The Labute approximate surface area is 102 Å². The maximum Gasteiger partial charge on any atom is 0.304 e. The zero-order valence-corrected chi connectivity index (χ0v) is 10.5. The number of thiophene rings is 1. The summed E-state index contributed by atoms with van der Waals surface area (Å²) in [5.74, 6) is -0.813. The van der Waals surface area contributed by atoms with Gasteiger partial charge in [-0.3, -0.25) is 19.7 Å². The minimum absolute atomic E-state index is 0.103. The van der Waals surface area contributed by atoms with Gasteiger partial charge in [0.05, 0.1) is 9.80 Å². The van der Waals surface area contributed by atoms with Crippen LogP contribution in [0.25, 0.3) is 0 Å². The van der Waals surface area contributed by atoms with Crippen molar-refractivity contribution >= 4 is 33.7 Å². The number of amides is 1. The number of carbonyl (C=O) groups is 2. The van der Waals surface area contributed by atoms with Gasteiger partial charge in [-0.15, -0.1) is 11.3 Å². The number of ketones is 1. The summed E-state index contributed by atoms with van der Waals surface area (Å²) in [5, 5.41) is 13.2. The van der Waals surface area contributed by atoms with E-state index in [-0.39, 0.29) is 27.3 Å². The molecule has 0 saturated carbocycles. The first kappa shape index (κ1) is 13.3. The number of hydrogen-bond donors (Lipinski definition) is 1. The largest absolute Gasteiger partial charge is 0.312 e. The van der Waals surface area contributed by atoms with E-state index in [1.54, 1.807) is 13.8 Å². The molecule has 92 valence electrons. The zero-order chi connectivity index (χ0) is 13.2. The molecule has 0 aliphatic heterocycles. The van der Waals surface area contributed by atoms with Gasteiger partial charge in [-0.2, -0.15) is 0 Å². The number of nitrogens with zero attached hydrogens (tertiary/aromatic N) is 1. The predicted molar refractivity (Wildman–Crippen MR) is 64.4 cm³/mol. The summed E-state index contributed by atoms with van der Waals surface area (Å²) in [5.41, 5.74) is -0.241. The second kappa shape index (κ2) is 5.05. The Hall–Kier alpha value is -1.76. The number of nitrogens with one attached hydrogen (secondary N) is 1. The van der Waals surface area contributed by atoms with Gasteiger partial charge in [-0.1, -0.05) is 13.8 Å². The highest BCUT2D eigenvalue weighted by molar-refractivity contribution is 7.18. The van der Waals surface area contributed by atoms with Crippen molar-refractivity contribution in [1.29, 1.82) is 0 Å². The normalized spacial score (nSPS) is 10.4. The van der Waals surface area contributed by atoms with Gasteiger partial charge in [0, 0.05) is 18.9 Å². The van der Waals surface area contributed by atoms with Crippen molar-refractivity contribution in [3.63, 3.8) is 0 Å². The van der Waals surface area contributed by atoms with E-state index in [2.05, 4.69) is 5.32 Å². The molecule has 0 fully saturated rings. The first-order valence-electron chi connectivity index (χ1n) is 4.93. The standard InChI is InChI=1S/C10H12N2O4S/c1-5(2)9(14)8-4-7(12(15)16)10(17-8)11-6(3)13/h4-5H,1-3H3,(H,11,13). The van der Waals surface area contributed by atoms with Crippen molar-refractivity contribution in [3.8, 4) is 0 Å². The molecule has 1 rings (SSSR count). The fraction of sp³-hybridized carbons (Fsp3) is 0.400. The first-order valence-corrected chi connectivity index (χ1v) is 5.74. The molecule has 0 aliphatic rings. The third kappa shape index (κ3) is 3.10. The molecule has 0 unspecified atom stereocenters. The number of rotatable bonds is 4. The molecule has 1 amide bonds. The molecule has 0 aliphatic carbocycles. The van der Waals surface area contributed by atoms with Gasteiger partial charge in [-0.25, -0.2) is 0 Å². The minimum Gasteiger partial charge on any atom is -0.312 e. The Kier molecular flexibility index (Phi) is 3.95. The van der Waals surface area contributed by atoms with Gasteiger partial charge in [0.25, 0.3) is 0 Å². The minimum atomic E-state index is -0.612. The lowest BCUT2D eigenvalue weighted by atomic mass is 10.1. The molecule has 1 N–H and O–H groups in total. The molecule has 7 heteroatoms. The van der Waals surface area contributed by atoms with Gasteiger partial charge >= 0.3 is 5.69 Å². The van der Waals surface area contributed by atoms with Crippen LogP contribution >= 0.6 is 11.3 Å². The van der Waals surface area contributed by atoms with Crippen LogP contribution in [0.2, 0.25) is 0 Å². The summed E-state index contributed by atoms with van der Waals surface area (Å²) in [6, 6.07) is 1.21. The molecular formula is C10H12N2O4S. The topological polar surface area (TPSA) is 89.3 Å². The van der Waals surface area contributed by atoms with E-state index in [9.17, 15) is 19.7 Å². The third-order valence-electron chi connectivity index (χ3n) is 1.97. The van der Waals surface area contributed by atoms with Crippen molar-refractivity contribution in [2.75, 3.05) is 5.32 Å². The lowest BCUT2D eigenvalue weighted by Gasteiger charge is -1.98. The summed E-state index contributed by atoms with van der Waals surface area (Å²) >= 11 is 0.929. The molecule has 0 aromatic carbocycles. The Morgan fingerprint density at radius 2 is 2.06 bits per heavy atom. The molecule has 0 radical (unpaired) electrons. The van der Waals surface area contributed by atoms with Crippen LogP contribution in [0.4, 0.5) is 10.7 Å². The quantitative estimate of drug-likeness (QED) is 0.509. The molecule has 0 saturated heterocycles. The highest BCUT2D eigenvalue weighted by Crippen LogP contribution is 2.35. The van der Waals surface area contributed by atoms with Gasteiger partial charge in [0.1, 0.15) is 0 Å². The predicted octanol–water partition coefficient (Wildman–Crippen LogP) is 2.45. The molecule has 1 aromatic rings. The summed E-state index contributed by atoms with van der Waals surface area (Å²) in [4.78, 5) is 33.0. The van der Waals surface area contributed by atoms with Gasteiger partial charge < -0.3 is 5.32 Å². The monoisotopic (exact) mass is 256 g/mol. The Balaban J connectivity index is 3.16. The number of anilines is 1. The van der Waals surface area contributed by atoms with Crippen LogP contribution in [-0.2, 0) is 4.79 Å². The smallest absolute Gasteiger partial charge is 0.304 e. The number of nitro groups is 1. The average Bonchev–Trinajstić information content (AvgIpc) is 2.59. The van der Waals surface area contributed by atoms with E-state index in [0.29, 0.717) is 0 Å². The van der Waals surface area contributed by atoms with Crippen LogP contribution in [-0.4, -0.2) is 16.6 Å². The van der Waals surface area contributed by atoms with Crippen LogP contribution in [0.5, 0.6) is 0 Å². The molecule has 1 heterocycles. The average molecular weight is 256 g/mol. The summed E-state index contributed by atoms with van der Waals surface area (Å²) in [6.45, 7) is 4.69. The Bertz CT molecular complexity index is 479. The Morgan fingerprint density at radius 3 is 2.47 bits per heavy atom. The second-order valence-electron chi connectivity index (χ2n) is 3.78. The first-order chi connectivity index (χ1) is 7.82. The molecule has 0 bridgehead atoms. The van der Waals surface area contributed by atoms with E-state index in [4.69, 9.17) is 0 Å². The van der Waals surface area contributed by atoms with E-state index < -0.39 is 10.8 Å². The van der Waals surface area contributed by atoms with Gasteiger partial charge in [0.15, 0.2) is 10.8 Å². The van der Waals surface area contributed by atoms with Gasteiger partial charge in [-0.05, 0) is 0 Å². The molecule has 17 heavy (non-hydrogen) atoms. The number of hydrogen-bond acceptors (Lipinski definition) is 5. The lowest BCUT2D eigenvalue weighted by Crippen LogP contribution is -2.05. The number of carbonyl (C=O) groups excluding carboxylic acids is 2. The molecule has 6 nitrogen and oxygen atoms in total. The maximum atomic E-state index is 11.7. The van der Waals surface area contributed by atoms with Crippen molar-refractivity contribution < 1.29 is 14.5 Å². The van der Waals surface area contributed by atoms with E-state index in [1.807, 2.05) is 0 Å². The van der Waals surface area contributed by atoms with Crippen LogP contribution in [0.1, 0.15) is 30.4 Å². The van der Waals surface area contributed by atoms with Gasteiger partial charge in [0.2, 0.25) is 5.91 Å². The van der Waals surface area contributed by atoms with Crippen molar-refractivity contribution in [2.45, 2.75) is 20.8 Å². The molecule has 0 atom stereocenters. The lowest BCUT2D eigenvalue weighted by molar-refractivity contribution is -0.383. The van der Waals surface area contributed by atoms with Crippen LogP contribution in [0, 0.1) is 16.0 Å².